The Hall–Kier alpha value is -2.64. The van der Waals surface area contributed by atoms with Crippen LogP contribution in [0.4, 0.5) is 10.6 Å². The molecule has 1 aromatic heterocycles. The number of ether oxygens (including phenoxy) is 1. The number of aliphatic carboxylic acids is 1. The number of hydrogen-bond donors (Lipinski definition) is 1. The van der Waals surface area contributed by atoms with Gasteiger partial charge in [-0.2, -0.15) is 0 Å². The maximum Gasteiger partial charge on any atom is 0.416 e. The fourth-order valence-electron chi connectivity index (χ4n) is 2.56. The van der Waals surface area contributed by atoms with Gasteiger partial charge in [0.2, 0.25) is 5.91 Å². The molecule has 0 aliphatic carbocycles. The Morgan fingerprint density at radius 1 is 1.21 bits per heavy atom. The fraction of sp³-hybridized carbons (Fsp3) is 0.600. The van der Waals surface area contributed by atoms with E-state index >= 15 is 0 Å². The second kappa shape index (κ2) is 10.6. The Morgan fingerprint density at radius 2 is 1.89 bits per heavy atom. The number of anilines is 1. The third kappa shape index (κ3) is 8.37. The predicted molar refractivity (Wildman–Crippen MR) is 106 cm³/mol. The van der Waals surface area contributed by atoms with Gasteiger partial charge in [0.1, 0.15) is 18.0 Å². The van der Waals surface area contributed by atoms with E-state index < -0.39 is 17.7 Å². The summed E-state index contributed by atoms with van der Waals surface area (Å²) < 4.78 is 5.46. The Labute approximate surface area is 166 Å². The van der Waals surface area contributed by atoms with Crippen molar-refractivity contribution in [2.75, 3.05) is 24.5 Å². The van der Waals surface area contributed by atoms with Gasteiger partial charge in [-0.15, -0.1) is 0 Å². The molecule has 0 fully saturated rings. The van der Waals surface area contributed by atoms with Gasteiger partial charge in [0, 0.05) is 25.7 Å². The molecule has 1 heterocycles. The molecule has 0 saturated carbocycles. The lowest BCUT2D eigenvalue weighted by atomic mass is 10.2. The Balaban J connectivity index is 2.82. The van der Waals surface area contributed by atoms with E-state index in [-0.39, 0.29) is 25.4 Å². The largest absolute Gasteiger partial charge is 0.480 e. The number of hydrogen-bond acceptors (Lipinski definition) is 5. The smallest absolute Gasteiger partial charge is 0.416 e. The third-order valence-electron chi connectivity index (χ3n) is 3.74. The van der Waals surface area contributed by atoms with Crippen molar-refractivity contribution in [2.24, 2.45) is 0 Å². The number of amides is 2. The zero-order chi connectivity index (χ0) is 21.3. The van der Waals surface area contributed by atoms with E-state index in [1.54, 1.807) is 33.0 Å². The number of nitrogens with zero attached hydrogens (tertiary/aromatic N) is 3. The summed E-state index contributed by atoms with van der Waals surface area (Å²) in [4.78, 5) is 42.9. The van der Waals surface area contributed by atoms with Crippen molar-refractivity contribution < 1.29 is 24.2 Å². The van der Waals surface area contributed by atoms with Crippen molar-refractivity contribution >= 4 is 23.8 Å². The van der Waals surface area contributed by atoms with E-state index in [1.807, 2.05) is 19.9 Å². The van der Waals surface area contributed by atoms with Gasteiger partial charge in [-0.25, -0.2) is 9.78 Å². The summed E-state index contributed by atoms with van der Waals surface area (Å²) in [6, 6.07) is 3.61. The lowest BCUT2D eigenvalue weighted by molar-refractivity contribution is -0.144. The van der Waals surface area contributed by atoms with E-state index in [4.69, 9.17) is 9.84 Å². The van der Waals surface area contributed by atoms with Crippen LogP contribution in [-0.2, 0) is 14.3 Å². The van der Waals surface area contributed by atoms with Gasteiger partial charge in [-0.3, -0.25) is 14.5 Å². The molecule has 1 aromatic rings. The Bertz CT molecular complexity index is 685. The van der Waals surface area contributed by atoms with E-state index in [0.29, 0.717) is 25.2 Å². The predicted octanol–water partition coefficient (Wildman–Crippen LogP) is 3.23. The summed E-state index contributed by atoms with van der Waals surface area (Å²) in [7, 11) is 0. The first-order valence-electron chi connectivity index (χ1n) is 9.46. The van der Waals surface area contributed by atoms with E-state index in [9.17, 15) is 14.4 Å². The van der Waals surface area contributed by atoms with Crippen LogP contribution in [-0.4, -0.2) is 58.2 Å². The van der Waals surface area contributed by atoms with Gasteiger partial charge in [0.05, 0.1) is 0 Å². The van der Waals surface area contributed by atoms with Gasteiger partial charge < -0.3 is 14.7 Å². The SMILES string of the molecule is CCCN(CC(=O)O)C(=O)CCCN(C(=O)OC(C)(C)C)c1cc(C)ccn1. The fourth-order valence-corrected chi connectivity index (χ4v) is 2.56. The Kier molecular flexibility index (Phi) is 8.88. The van der Waals surface area contributed by atoms with E-state index in [0.717, 1.165) is 5.56 Å². The average molecular weight is 393 g/mol. The number of carboxylic acid groups (broad SMARTS) is 1. The molecule has 0 spiro atoms. The summed E-state index contributed by atoms with van der Waals surface area (Å²) in [6.45, 7) is 9.44. The standard InChI is InChI=1S/C20H31N3O5/c1-6-11-22(14-18(25)26)17(24)8-7-12-23(19(27)28-20(3,4)5)16-13-15(2)9-10-21-16/h9-10,13H,6-8,11-12,14H2,1-5H3,(H,25,26). The molecule has 0 aliphatic heterocycles. The normalized spacial score (nSPS) is 11.0. The molecule has 0 atom stereocenters. The molecule has 8 nitrogen and oxygen atoms in total. The van der Waals surface area contributed by atoms with Gasteiger partial charge in [0.15, 0.2) is 0 Å². The van der Waals surface area contributed by atoms with Crippen LogP contribution in [0.15, 0.2) is 18.3 Å². The molecule has 0 aromatic carbocycles. The van der Waals surface area contributed by atoms with Crippen molar-refractivity contribution in [1.29, 1.82) is 0 Å². The zero-order valence-electron chi connectivity index (χ0n) is 17.4. The molecule has 2 amide bonds. The first kappa shape index (κ1) is 23.4. The highest BCUT2D eigenvalue weighted by atomic mass is 16.6. The molecule has 0 bridgehead atoms. The molecule has 0 unspecified atom stereocenters. The quantitative estimate of drug-likeness (QED) is 0.691. The second-order valence-electron chi connectivity index (χ2n) is 7.64. The first-order chi connectivity index (χ1) is 13.0. The monoisotopic (exact) mass is 393 g/mol. The van der Waals surface area contributed by atoms with Crippen molar-refractivity contribution in [3.63, 3.8) is 0 Å². The molecule has 0 radical (unpaired) electrons. The average Bonchev–Trinajstić information content (AvgIpc) is 2.56. The highest BCUT2D eigenvalue weighted by molar-refractivity contribution is 5.87. The van der Waals surface area contributed by atoms with Crippen LogP contribution in [0.2, 0.25) is 0 Å². The minimum Gasteiger partial charge on any atom is -0.480 e. The second-order valence-corrected chi connectivity index (χ2v) is 7.64. The highest BCUT2D eigenvalue weighted by Gasteiger charge is 2.25. The molecule has 8 heteroatoms. The molecular formula is C20H31N3O5. The van der Waals surface area contributed by atoms with Gasteiger partial charge in [0.25, 0.3) is 0 Å². The molecule has 1 rings (SSSR count). The van der Waals surface area contributed by atoms with Crippen LogP contribution in [0, 0.1) is 6.92 Å². The van der Waals surface area contributed by atoms with Crippen LogP contribution in [0.3, 0.4) is 0 Å². The van der Waals surface area contributed by atoms with Gasteiger partial charge >= 0.3 is 12.1 Å². The number of carbonyl (C=O) groups excluding carboxylic acids is 2. The number of aryl methyl sites for hydroxylation is 1. The summed E-state index contributed by atoms with van der Waals surface area (Å²) >= 11 is 0. The van der Waals surface area contributed by atoms with Crippen molar-refractivity contribution in [1.82, 2.24) is 9.88 Å². The van der Waals surface area contributed by atoms with Crippen molar-refractivity contribution in [3.05, 3.63) is 23.9 Å². The first-order valence-corrected chi connectivity index (χ1v) is 9.46. The zero-order valence-corrected chi connectivity index (χ0v) is 17.4. The lowest BCUT2D eigenvalue weighted by Crippen LogP contribution is -2.39. The number of pyridine rings is 1. The summed E-state index contributed by atoms with van der Waals surface area (Å²) in [5, 5.41) is 8.96. The van der Waals surface area contributed by atoms with Crippen LogP contribution >= 0.6 is 0 Å². The topological polar surface area (TPSA) is 100 Å². The Morgan fingerprint density at radius 3 is 2.43 bits per heavy atom. The molecule has 0 saturated heterocycles. The summed E-state index contributed by atoms with van der Waals surface area (Å²) in [6.07, 6.45) is 2.26. The minimum atomic E-state index is -1.04. The van der Waals surface area contributed by atoms with Crippen LogP contribution in [0.1, 0.15) is 52.5 Å². The maximum absolute atomic E-state index is 12.6. The van der Waals surface area contributed by atoms with E-state index in [1.165, 1.54) is 9.80 Å². The van der Waals surface area contributed by atoms with Crippen molar-refractivity contribution in [2.45, 2.75) is 59.5 Å². The van der Waals surface area contributed by atoms with Crippen LogP contribution in [0.25, 0.3) is 0 Å². The van der Waals surface area contributed by atoms with Gasteiger partial charge in [-0.05, 0) is 58.2 Å². The molecule has 0 aliphatic rings. The number of carbonyl (C=O) groups is 3. The van der Waals surface area contributed by atoms with Gasteiger partial charge in [-0.1, -0.05) is 6.92 Å². The number of rotatable bonds is 9. The third-order valence-corrected chi connectivity index (χ3v) is 3.74. The van der Waals surface area contributed by atoms with Crippen molar-refractivity contribution in [3.8, 4) is 0 Å². The maximum atomic E-state index is 12.6. The highest BCUT2D eigenvalue weighted by Crippen LogP contribution is 2.18. The summed E-state index contributed by atoms with van der Waals surface area (Å²) in [5.74, 6) is -0.829. The molecule has 28 heavy (non-hydrogen) atoms. The minimum absolute atomic E-state index is 0.137. The number of aromatic nitrogens is 1. The summed E-state index contributed by atoms with van der Waals surface area (Å²) in [5.41, 5.74) is 0.291. The molecule has 156 valence electrons. The van der Waals surface area contributed by atoms with Crippen LogP contribution < -0.4 is 4.90 Å². The van der Waals surface area contributed by atoms with Crippen LogP contribution in [0.5, 0.6) is 0 Å². The lowest BCUT2D eigenvalue weighted by Gasteiger charge is -2.27. The van der Waals surface area contributed by atoms with E-state index in [2.05, 4.69) is 4.98 Å². The number of carboxylic acids is 1. The molecular weight excluding hydrogens is 362 g/mol. The molecule has 1 N–H and O–H groups in total.